The smallest absolute Gasteiger partial charge is 0.289 e. The van der Waals surface area contributed by atoms with E-state index in [-0.39, 0.29) is 0 Å². The minimum absolute atomic E-state index is 0.315. The van der Waals surface area contributed by atoms with E-state index in [4.69, 9.17) is 0 Å². The Morgan fingerprint density at radius 3 is 2.50 bits per heavy atom. The molecule has 0 unspecified atom stereocenters. The number of aryl methyl sites for hydroxylation is 1. The molecule has 0 N–H and O–H groups in total. The standard InChI is InChI=1S/C8H9F3N2O/c1-5-6(4-12-13(5)2)3-7(14)8(9,10)11/h4H,3H2,1-2H3. The van der Waals surface area contributed by atoms with Gasteiger partial charge in [-0.3, -0.25) is 9.48 Å². The summed E-state index contributed by atoms with van der Waals surface area (Å²) in [6, 6.07) is 0. The molecule has 1 rings (SSSR count). The molecule has 78 valence electrons. The quantitative estimate of drug-likeness (QED) is 0.733. The van der Waals surface area contributed by atoms with E-state index in [9.17, 15) is 18.0 Å². The summed E-state index contributed by atoms with van der Waals surface area (Å²) in [5, 5.41) is 3.75. The van der Waals surface area contributed by atoms with Crippen LogP contribution in [0.3, 0.4) is 0 Å². The lowest BCUT2D eigenvalue weighted by Crippen LogP contribution is -2.24. The Labute approximate surface area is 78.5 Å². The Hall–Kier alpha value is -1.33. The van der Waals surface area contributed by atoms with Crippen molar-refractivity contribution in [3.63, 3.8) is 0 Å². The highest BCUT2D eigenvalue weighted by atomic mass is 19.4. The summed E-state index contributed by atoms with van der Waals surface area (Å²) in [5.41, 5.74) is 0.887. The predicted octanol–water partition coefficient (Wildman–Crippen LogP) is 1.40. The minimum Gasteiger partial charge on any atom is -0.289 e. The second-order valence-electron chi connectivity index (χ2n) is 2.98. The highest BCUT2D eigenvalue weighted by Crippen LogP contribution is 2.19. The lowest BCUT2D eigenvalue weighted by molar-refractivity contribution is -0.170. The normalized spacial score (nSPS) is 11.8. The summed E-state index contributed by atoms with van der Waals surface area (Å²) < 4.78 is 37.1. The third-order valence-electron chi connectivity index (χ3n) is 2.00. The second-order valence-corrected chi connectivity index (χ2v) is 2.98. The molecular formula is C8H9F3N2O. The first kappa shape index (κ1) is 10.7. The average Bonchev–Trinajstić information content (AvgIpc) is 2.34. The van der Waals surface area contributed by atoms with E-state index in [0.717, 1.165) is 0 Å². The monoisotopic (exact) mass is 206 g/mol. The fourth-order valence-corrected chi connectivity index (χ4v) is 0.991. The van der Waals surface area contributed by atoms with Crippen molar-refractivity contribution < 1.29 is 18.0 Å². The van der Waals surface area contributed by atoms with Crippen LogP contribution in [0.5, 0.6) is 0 Å². The number of carbonyl (C=O) groups excluding carboxylic acids is 1. The third kappa shape index (κ3) is 2.12. The van der Waals surface area contributed by atoms with Gasteiger partial charge in [-0.25, -0.2) is 0 Å². The fourth-order valence-electron chi connectivity index (χ4n) is 0.991. The number of halogens is 3. The molecular weight excluding hydrogens is 197 g/mol. The van der Waals surface area contributed by atoms with Crippen molar-refractivity contribution in [1.82, 2.24) is 9.78 Å². The van der Waals surface area contributed by atoms with Crippen molar-refractivity contribution in [1.29, 1.82) is 0 Å². The zero-order chi connectivity index (χ0) is 10.9. The van der Waals surface area contributed by atoms with E-state index in [1.807, 2.05) is 0 Å². The van der Waals surface area contributed by atoms with Gasteiger partial charge in [0.2, 0.25) is 5.78 Å². The molecule has 0 aliphatic carbocycles. The number of alkyl halides is 3. The molecule has 1 aromatic heterocycles. The van der Waals surface area contributed by atoms with Crippen LogP contribution in [0.25, 0.3) is 0 Å². The van der Waals surface area contributed by atoms with E-state index in [1.165, 1.54) is 10.9 Å². The van der Waals surface area contributed by atoms with Crippen molar-refractivity contribution in [3.05, 3.63) is 17.5 Å². The van der Waals surface area contributed by atoms with E-state index < -0.39 is 18.4 Å². The summed E-state index contributed by atoms with van der Waals surface area (Å²) in [4.78, 5) is 10.6. The van der Waals surface area contributed by atoms with Crippen LogP contribution in [-0.4, -0.2) is 21.7 Å². The average molecular weight is 206 g/mol. The molecule has 0 aliphatic rings. The van der Waals surface area contributed by atoms with Gasteiger partial charge in [-0.05, 0) is 6.92 Å². The van der Waals surface area contributed by atoms with Gasteiger partial charge in [-0.15, -0.1) is 0 Å². The van der Waals surface area contributed by atoms with E-state index in [1.54, 1.807) is 14.0 Å². The fraction of sp³-hybridized carbons (Fsp3) is 0.500. The van der Waals surface area contributed by atoms with Gasteiger partial charge in [0, 0.05) is 24.7 Å². The first-order valence-electron chi connectivity index (χ1n) is 3.90. The summed E-state index contributed by atoms with van der Waals surface area (Å²) >= 11 is 0. The van der Waals surface area contributed by atoms with E-state index in [2.05, 4.69) is 5.10 Å². The van der Waals surface area contributed by atoms with Crippen LogP contribution in [0.4, 0.5) is 13.2 Å². The van der Waals surface area contributed by atoms with E-state index >= 15 is 0 Å². The van der Waals surface area contributed by atoms with Gasteiger partial charge in [0.25, 0.3) is 0 Å². The van der Waals surface area contributed by atoms with Crippen LogP contribution in [-0.2, 0) is 18.3 Å². The van der Waals surface area contributed by atoms with Crippen LogP contribution in [0.15, 0.2) is 6.20 Å². The second kappa shape index (κ2) is 3.43. The number of hydrogen-bond acceptors (Lipinski definition) is 2. The number of rotatable bonds is 2. The van der Waals surface area contributed by atoms with Gasteiger partial charge < -0.3 is 0 Å². The topological polar surface area (TPSA) is 34.9 Å². The molecule has 6 heteroatoms. The van der Waals surface area contributed by atoms with Crippen LogP contribution in [0.1, 0.15) is 11.3 Å². The molecule has 1 aromatic rings. The number of aromatic nitrogens is 2. The molecule has 0 fully saturated rings. The summed E-state index contributed by atoms with van der Waals surface area (Å²) in [5.74, 6) is -1.74. The molecule has 0 aromatic carbocycles. The largest absolute Gasteiger partial charge is 0.450 e. The zero-order valence-electron chi connectivity index (χ0n) is 7.72. The highest BCUT2D eigenvalue weighted by molar-refractivity contribution is 5.86. The Morgan fingerprint density at radius 2 is 2.14 bits per heavy atom. The number of Topliss-reactive ketones (excluding diaryl/α,β-unsaturated/α-hetero) is 1. The zero-order valence-corrected chi connectivity index (χ0v) is 7.72. The Bertz CT molecular complexity index is 354. The molecule has 0 saturated heterocycles. The van der Waals surface area contributed by atoms with Gasteiger partial charge in [0.1, 0.15) is 0 Å². The Kier molecular flexibility index (Phi) is 2.64. The first-order chi connectivity index (χ1) is 6.32. The SMILES string of the molecule is Cc1c(CC(=O)C(F)(F)F)cnn1C. The van der Waals surface area contributed by atoms with Gasteiger partial charge in [-0.2, -0.15) is 18.3 Å². The van der Waals surface area contributed by atoms with Crippen molar-refractivity contribution in [2.75, 3.05) is 0 Å². The highest BCUT2D eigenvalue weighted by Gasteiger charge is 2.38. The van der Waals surface area contributed by atoms with Gasteiger partial charge in [-0.1, -0.05) is 0 Å². The molecule has 0 spiro atoms. The maximum absolute atomic E-state index is 11.9. The minimum atomic E-state index is -4.76. The van der Waals surface area contributed by atoms with Crippen molar-refractivity contribution in [3.8, 4) is 0 Å². The molecule has 0 bridgehead atoms. The van der Waals surface area contributed by atoms with Gasteiger partial charge in [0.15, 0.2) is 0 Å². The van der Waals surface area contributed by atoms with Gasteiger partial charge >= 0.3 is 6.18 Å². The van der Waals surface area contributed by atoms with Crippen LogP contribution >= 0.6 is 0 Å². The number of nitrogens with zero attached hydrogens (tertiary/aromatic N) is 2. The number of carbonyl (C=O) groups is 1. The van der Waals surface area contributed by atoms with Gasteiger partial charge in [0.05, 0.1) is 6.20 Å². The lowest BCUT2D eigenvalue weighted by Gasteiger charge is -2.04. The molecule has 0 amide bonds. The molecule has 3 nitrogen and oxygen atoms in total. The van der Waals surface area contributed by atoms with Crippen molar-refractivity contribution in [2.24, 2.45) is 7.05 Å². The van der Waals surface area contributed by atoms with Crippen LogP contribution in [0, 0.1) is 6.92 Å². The molecule has 0 saturated carbocycles. The third-order valence-corrected chi connectivity index (χ3v) is 2.00. The first-order valence-corrected chi connectivity index (χ1v) is 3.90. The van der Waals surface area contributed by atoms with E-state index in [0.29, 0.717) is 11.3 Å². The lowest BCUT2D eigenvalue weighted by atomic mass is 10.1. The molecule has 1 heterocycles. The van der Waals surface area contributed by atoms with Crippen molar-refractivity contribution >= 4 is 5.78 Å². The summed E-state index contributed by atoms with van der Waals surface area (Å²) in [6.07, 6.45) is -4.12. The molecule has 0 radical (unpaired) electrons. The summed E-state index contributed by atoms with van der Waals surface area (Å²) in [6.45, 7) is 1.62. The van der Waals surface area contributed by atoms with Crippen LogP contribution < -0.4 is 0 Å². The number of ketones is 1. The maximum atomic E-state index is 11.9. The molecule has 0 atom stereocenters. The summed E-state index contributed by atoms with van der Waals surface area (Å²) in [7, 11) is 1.61. The molecule has 0 aliphatic heterocycles. The predicted molar refractivity (Wildman–Crippen MR) is 42.7 cm³/mol. The maximum Gasteiger partial charge on any atom is 0.450 e. The molecule has 14 heavy (non-hydrogen) atoms. The number of hydrogen-bond donors (Lipinski definition) is 0. The Balaban J connectivity index is 2.80. The van der Waals surface area contributed by atoms with Crippen molar-refractivity contribution in [2.45, 2.75) is 19.5 Å². The Morgan fingerprint density at radius 1 is 1.57 bits per heavy atom. The van der Waals surface area contributed by atoms with Crippen LogP contribution in [0.2, 0.25) is 0 Å².